The van der Waals surface area contributed by atoms with E-state index >= 15 is 0 Å². The Morgan fingerprint density at radius 1 is 1.11 bits per heavy atom. The number of hydrogen-bond donors (Lipinski definition) is 0. The normalized spacial score (nSPS) is 12.4. The summed E-state index contributed by atoms with van der Waals surface area (Å²) in [5, 5.41) is 0. The average molecular weight is 262 g/mol. The van der Waals surface area contributed by atoms with E-state index in [1.165, 1.54) is 0 Å². The third kappa shape index (κ3) is 4.38. The SMILES string of the molecule is COc1ccc(C(=O)CC(C)(C)C)cc1C(C)(C)C. The van der Waals surface area contributed by atoms with Crippen molar-refractivity contribution in [2.24, 2.45) is 5.41 Å². The second-order valence-corrected chi connectivity index (χ2v) is 7.33. The standard InChI is InChI=1S/C17H26O2/c1-16(2,3)11-14(18)12-8-9-15(19-7)13(10-12)17(4,5)6/h8-10H,11H2,1-7H3. The van der Waals surface area contributed by atoms with Gasteiger partial charge in [0.15, 0.2) is 5.78 Å². The predicted molar refractivity (Wildman–Crippen MR) is 80.1 cm³/mol. The average Bonchev–Trinajstić information content (AvgIpc) is 2.24. The van der Waals surface area contributed by atoms with Gasteiger partial charge in [-0.15, -0.1) is 0 Å². The van der Waals surface area contributed by atoms with Gasteiger partial charge in [0.25, 0.3) is 0 Å². The molecule has 0 aliphatic heterocycles. The maximum absolute atomic E-state index is 12.3. The Balaban J connectivity index is 3.16. The van der Waals surface area contributed by atoms with Gasteiger partial charge in [-0.25, -0.2) is 0 Å². The predicted octanol–water partition coefficient (Wildman–Crippen LogP) is 4.61. The van der Waals surface area contributed by atoms with Crippen molar-refractivity contribution < 1.29 is 9.53 Å². The summed E-state index contributed by atoms with van der Waals surface area (Å²) in [4.78, 5) is 12.3. The molecule has 0 spiro atoms. The van der Waals surface area contributed by atoms with E-state index in [0.717, 1.165) is 16.9 Å². The van der Waals surface area contributed by atoms with Gasteiger partial charge in [-0.05, 0) is 29.0 Å². The van der Waals surface area contributed by atoms with Crippen molar-refractivity contribution in [2.45, 2.75) is 53.4 Å². The third-order valence-electron chi connectivity index (χ3n) is 3.02. The summed E-state index contributed by atoms with van der Waals surface area (Å²) in [6.07, 6.45) is 0.558. The molecular weight excluding hydrogens is 236 g/mol. The highest BCUT2D eigenvalue weighted by Crippen LogP contribution is 2.33. The van der Waals surface area contributed by atoms with Gasteiger partial charge in [0.2, 0.25) is 0 Å². The molecule has 1 rings (SSSR count). The Kier molecular flexibility index (Phi) is 4.44. The molecule has 1 aromatic carbocycles. The number of rotatable bonds is 3. The number of carbonyl (C=O) groups excluding carboxylic acids is 1. The Morgan fingerprint density at radius 3 is 2.11 bits per heavy atom. The molecule has 0 saturated heterocycles. The second-order valence-electron chi connectivity index (χ2n) is 7.33. The fourth-order valence-corrected chi connectivity index (χ4v) is 2.05. The van der Waals surface area contributed by atoms with Crippen molar-refractivity contribution in [1.82, 2.24) is 0 Å². The van der Waals surface area contributed by atoms with E-state index in [-0.39, 0.29) is 16.6 Å². The van der Waals surface area contributed by atoms with Crippen molar-refractivity contribution in [3.8, 4) is 5.75 Å². The molecule has 0 bridgehead atoms. The van der Waals surface area contributed by atoms with Gasteiger partial charge in [-0.2, -0.15) is 0 Å². The first-order chi connectivity index (χ1) is 8.54. The molecule has 2 nitrogen and oxygen atoms in total. The van der Waals surface area contributed by atoms with Gasteiger partial charge in [-0.3, -0.25) is 4.79 Å². The highest BCUT2D eigenvalue weighted by molar-refractivity contribution is 5.96. The molecule has 2 heteroatoms. The van der Waals surface area contributed by atoms with E-state index in [1.807, 2.05) is 18.2 Å². The van der Waals surface area contributed by atoms with Gasteiger partial charge in [0.1, 0.15) is 5.75 Å². The van der Waals surface area contributed by atoms with Crippen molar-refractivity contribution in [3.05, 3.63) is 29.3 Å². The van der Waals surface area contributed by atoms with Crippen LogP contribution in [0.25, 0.3) is 0 Å². The zero-order valence-electron chi connectivity index (χ0n) is 13.3. The molecule has 106 valence electrons. The lowest BCUT2D eigenvalue weighted by Crippen LogP contribution is -2.16. The number of carbonyl (C=O) groups is 1. The van der Waals surface area contributed by atoms with Crippen LogP contribution in [0.2, 0.25) is 0 Å². The van der Waals surface area contributed by atoms with Crippen molar-refractivity contribution in [2.75, 3.05) is 7.11 Å². The highest BCUT2D eigenvalue weighted by atomic mass is 16.5. The molecule has 0 aliphatic carbocycles. The van der Waals surface area contributed by atoms with Crippen molar-refractivity contribution in [3.63, 3.8) is 0 Å². The van der Waals surface area contributed by atoms with Crippen LogP contribution < -0.4 is 4.74 Å². The molecule has 0 N–H and O–H groups in total. The minimum atomic E-state index is -0.0383. The summed E-state index contributed by atoms with van der Waals surface area (Å²) >= 11 is 0. The molecule has 0 atom stereocenters. The van der Waals surface area contributed by atoms with E-state index in [9.17, 15) is 4.79 Å². The molecular formula is C17H26O2. The Hall–Kier alpha value is -1.31. The highest BCUT2D eigenvalue weighted by Gasteiger charge is 2.22. The zero-order valence-corrected chi connectivity index (χ0v) is 13.3. The minimum absolute atomic E-state index is 0.0128. The maximum atomic E-state index is 12.3. The minimum Gasteiger partial charge on any atom is -0.496 e. The summed E-state index contributed by atoms with van der Waals surface area (Å²) in [7, 11) is 1.67. The topological polar surface area (TPSA) is 26.3 Å². The number of ketones is 1. The lowest BCUT2D eigenvalue weighted by molar-refractivity contribution is 0.0939. The van der Waals surface area contributed by atoms with Crippen LogP contribution in [0.15, 0.2) is 18.2 Å². The summed E-state index contributed by atoms with van der Waals surface area (Å²) < 4.78 is 5.40. The fraction of sp³-hybridized carbons (Fsp3) is 0.588. The van der Waals surface area contributed by atoms with Crippen LogP contribution in [-0.4, -0.2) is 12.9 Å². The third-order valence-corrected chi connectivity index (χ3v) is 3.02. The van der Waals surface area contributed by atoms with Crippen LogP contribution >= 0.6 is 0 Å². The summed E-state index contributed by atoms with van der Waals surface area (Å²) in [6.45, 7) is 12.6. The van der Waals surface area contributed by atoms with Crippen LogP contribution in [0.5, 0.6) is 5.75 Å². The molecule has 19 heavy (non-hydrogen) atoms. The molecule has 1 aromatic rings. The van der Waals surface area contributed by atoms with Crippen LogP contribution in [0.3, 0.4) is 0 Å². The van der Waals surface area contributed by atoms with Crippen LogP contribution in [0, 0.1) is 5.41 Å². The molecule has 0 unspecified atom stereocenters. The number of benzene rings is 1. The van der Waals surface area contributed by atoms with Crippen LogP contribution in [0.4, 0.5) is 0 Å². The molecule has 0 aliphatic rings. The van der Waals surface area contributed by atoms with Crippen LogP contribution in [-0.2, 0) is 5.41 Å². The Labute approximate surface area is 117 Å². The largest absolute Gasteiger partial charge is 0.496 e. The number of ether oxygens (including phenoxy) is 1. The number of methoxy groups -OCH3 is 1. The summed E-state index contributed by atoms with van der Waals surface area (Å²) in [5.74, 6) is 1.04. The van der Waals surface area contributed by atoms with Crippen molar-refractivity contribution in [1.29, 1.82) is 0 Å². The smallest absolute Gasteiger partial charge is 0.163 e. The molecule has 0 fully saturated rings. The first-order valence-electron chi connectivity index (χ1n) is 6.76. The molecule has 0 saturated carbocycles. The lowest BCUT2D eigenvalue weighted by atomic mass is 9.83. The van der Waals surface area contributed by atoms with Crippen molar-refractivity contribution >= 4 is 5.78 Å². The van der Waals surface area contributed by atoms with E-state index < -0.39 is 0 Å². The number of Topliss-reactive ketones (excluding diaryl/α,β-unsaturated/α-hetero) is 1. The first kappa shape index (κ1) is 15.7. The second kappa shape index (κ2) is 5.36. The van der Waals surface area contributed by atoms with E-state index in [4.69, 9.17) is 4.74 Å². The van der Waals surface area contributed by atoms with Gasteiger partial charge in [0, 0.05) is 17.5 Å². The van der Waals surface area contributed by atoms with Crippen LogP contribution in [0.1, 0.15) is 63.9 Å². The van der Waals surface area contributed by atoms with Gasteiger partial charge >= 0.3 is 0 Å². The Bertz CT molecular complexity index is 459. The van der Waals surface area contributed by atoms with E-state index in [1.54, 1.807) is 7.11 Å². The zero-order chi connectivity index (χ0) is 14.8. The number of hydrogen-bond acceptors (Lipinski definition) is 2. The Morgan fingerprint density at radius 2 is 1.68 bits per heavy atom. The molecule has 0 amide bonds. The fourth-order valence-electron chi connectivity index (χ4n) is 2.05. The monoisotopic (exact) mass is 262 g/mol. The maximum Gasteiger partial charge on any atom is 0.163 e. The quantitative estimate of drug-likeness (QED) is 0.743. The molecule has 0 heterocycles. The van der Waals surface area contributed by atoms with E-state index in [0.29, 0.717) is 6.42 Å². The van der Waals surface area contributed by atoms with E-state index in [2.05, 4.69) is 41.5 Å². The lowest BCUT2D eigenvalue weighted by Gasteiger charge is -2.23. The molecule has 0 aromatic heterocycles. The van der Waals surface area contributed by atoms with Gasteiger partial charge < -0.3 is 4.74 Å². The first-order valence-corrected chi connectivity index (χ1v) is 6.76. The van der Waals surface area contributed by atoms with Gasteiger partial charge in [-0.1, -0.05) is 41.5 Å². The summed E-state index contributed by atoms with van der Waals surface area (Å²) in [5.41, 5.74) is 1.83. The molecule has 0 radical (unpaired) electrons. The van der Waals surface area contributed by atoms with Gasteiger partial charge in [0.05, 0.1) is 7.11 Å². The summed E-state index contributed by atoms with van der Waals surface area (Å²) in [6, 6.07) is 5.74.